The first kappa shape index (κ1) is 11.1. The van der Waals surface area contributed by atoms with Gasteiger partial charge in [0.25, 0.3) is 0 Å². The molecule has 0 unspecified atom stereocenters. The van der Waals surface area contributed by atoms with Crippen molar-refractivity contribution in [1.82, 2.24) is 5.32 Å². The van der Waals surface area contributed by atoms with Gasteiger partial charge in [-0.25, -0.2) is 4.39 Å². The van der Waals surface area contributed by atoms with E-state index in [1.807, 2.05) is 19.1 Å². The van der Waals surface area contributed by atoms with Gasteiger partial charge in [-0.05, 0) is 20.8 Å². The summed E-state index contributed by atoms with van der Waals surface area (Å²) in [6, 6.07) is 0. The second kappa shape index (κ2) is 4.91. The summed E-state index contributed by atoms with van der Waals surface area (Å²) >= 11 is 0. The number of nitrogens with one attached hydrogen (secondary N) is 1. The molecule has 0 aromatic carbocycles. The Kier molecular flexibility index (Phi) is 4.55. The van der Waals surface area contributed by atoms with Crippen LogP contribution in [0.2, 0.25) is 0 Å². The van der Waals surface area contributed by atoms with Crippen LogP contribution in [0.15, 0.2) is 12.2 Å². The van der Waals surface area contributed by atoms with Crippen LogP contribution in [0.1, 0.15) is 20.8 Å². The summed E-state index contributed by atoms with van der Waals surface area (Å²) < 4.78 is 12.3. The zero-order valence-corrected chi connectivity index (χ0v) is 7.86. The van der Waals surface area contributed by atoms with Crippen molar-refractivity contribution >= 4 is 5.91 Å². The number of allylic oxidation sites excluding steroid dienone is 1. The molecule has 0 aliphatic rings. The zero-order valence-electron chi connectivity index (χ0n) is 7.86. The maximum Gasteiger partial charge on any atom is 0.228 e. The minimum absolute atomic E-state index is 0.247. The molecule has 0 bridgehead atoms. The highest BCUT2D eigenvalue weighted by molar-refractivity contribution is 5.82. The predicted molar refractivity (Wildman–Crippen MR) is 47.6 cm³/mol. The fourth-order valence-corrected chi connectivity index (χ4v) is 0.569. The first-order valence-electron chi connectivity index (χ1n) is 4.00. The number of hydrogen-bond donors (Lipinski definition) is 1. The van der Waals surface area contributed by atoms with Crippen molar-refractivity contribution in [2.75, 3.05) is 13.2 Å². The fraction of sp³-hybridized carbons (Fsp3) is 0.667. The van der Waals surface area contributed by atoms with E-state index in [9.17, 15) is 9.18 Å². The van der Waals surface area contributed by atoms with Crippen LogP contribution in [0.3, 0.4) is 0 Å². The van der Waals surface area contributed by atoms with Gasteiger partial charge in [-0.15, -0.1) is 0 Å². The number of hydrogen-bond acceptors (Lipinski definition) is 1. The average molecular weight is 173 g/mol. The SMILES string of the molecule is C/C=C/CNC(=O)C(C)(C)CF. The molecule has 0 saturated heterocycles. The Balaban J connectivity index is 3.87. The lowest BCUT2D eigenvalue weighted by Gasteiger charge is -2.18. The number of alkyl halides is 1. The molecule has 70 valence electrons. The van der Waals surface area contributed by atoms with Crippen LogP contribution >= 0.6 is 0 Å². The highest BCUT2D eigenvalue weighted by Crippen LogP contribution is 2.14. The lowest BCUT2D eigenvalue weighted by atomic mass is 9.94. The van der Waals surface area contributed by atoms with Crippen LogP contribution in [-0.2, 0) is 4.79 Å². The third-order valence-electron chi connectivity index (χ3n) is 1.56. The topological polar surface area (TPSA) is 29.1 Å². The molecule has 12 heavy (non-hydrogen) atoms. The van der Waals surface area contributed by atoms with E-state index in [1.54, 1.807) is 13.8 Å². The Bertz CT molecular complexity index is 175. The second-order valence-electron chi connectivity index (χ2n) is 3.30. The van der Waals surface area contributed by atoms with E-state index >= 15 is 0 Å². The molecule has 0 spiro atoms. The smallest absolute Gasteiger partial charge is 0.228 e. The molecule has 0 atom stereocenters. The lowest BCUT2D eigenvalue weighted by Crippen LogP contribution is -2.38. The van der Waals surface area contributed by atoms with Gasteiger partial charge in [-0.2, -0.15) is 0 Å². The molecule has 0 saturated carbocycles. The first-order valence-corrected chi connectivity index (χ1v) is 4.00. The van der Waals surface area contributed by atoms with Gasteiger partial charge in [0.2, 0.25) is 5.91 Å². The third-order valence-corrected chi connectivity index (χ3v) is 1.56. The molecule has 0 aliphatic carbocycles. The molecule has 0 heterocycles. The van der Waals surface area contributed by atoms with Crippen LogP contribution in [0.5, 0.6) is 0 Å². The van der Waals surface area contributed by atoms with Crippen LogP contribution in [0, 0.1) is 5.41 Å². The number of carbonyl (C=O) groups excluding carboxylic acids is 1. The Morgan fingerprint density at radius 3 is 2.58 bits per heavy atom. The number of rotatable bonds is 4. The number of halogens is 1. The molecule has 1 amide bonds. The summed E-state index contributed by atoms with van der Waals surface area (Å²) in [6.07, 6.45) is 3.65. The minimum atomic E-state index is -0.901. The Morgan fingerprint density at radius 2 is 2.17 bits per heavy atom. The molecule has 0 fully saturated rings. The van der Waals surface area contributed by atoms with Crippen molar-refractivity contribution in [3.05, 3.63) is 12.2 Å². The summed E-state index contributed by atoms with van der Waals surface area (Å²) in [5, 5.41) is 2.61. The summed E-state index contributed by atoms with van der Waals surface area (Å²) in [6.45, 7) is 4.87. The van der Waals surface area contributed by atoms with Gasteiger partial charge in [0.05, 0.1) is 5.41 Å². The fourth-order valence-electron chi connectivity index (χ4n) is 0.569. The van der Waals surface area contributed by atoms with E-state index in [1.165, 1.54) is 0 Å². The molecule has 0 radical (unpaired) electrons. The van der Waals surface area contributed by atoms with E-state index in [-0.39, 0.29) is 5.91 Å². The van der Waals surface area contributed by atoms with E-state index in [0.717, 1.165) is 0 Å². The molecule has 0 aromatic rings. The number of amides is 1. The monoisotopic (exact) mass is 173 g/mol. The van der Waals surface area contributed by atoms with Gasteiger partial charge in [-0.3, -0.25) is 4.79 Å². The van der Waals surface area contributed by atoms with Crippen LogP contribution < -0.4 is 5.32 Å². The van der Waals surface area contributed by atoms with E-state index in [0.29, 0.717) is 6.54 Å². The van der Waals surface area contributed by atoms with E-state index < -0.39 is 12.1 Å². The Labute approximate surface area is 72.8 Å². The molecule has 2 nitrogen and oxygen atoms in total. The lowest BCUT2D eigenvalue weighted by molar-refractivity contribution is -0.129. The maximum absolute atomic E-state index is 12.3. The van der Waals surface area contributed by atoms with Crippen molar-refractivity contribution in [1.29, 1.82) is 0 Å². The highest BCUT2D eigenvalue weighted by Gasteiger charge is 2.26. The van der Waals surface area contributed by atoms with Gasteiger partial charge < -0.3 is 5.32 Å². The normalized spacial score (nSPS) is 12.0. The summed E-state index contributed by atoms with van der Waals surface area (Å²) in [4.78, 5) is 11.2. The van der Waals surface area contributed by atoms with Gasteiger partial charge >= 0.3 is 0 Å². The van der Waals surface area contributed by atoms with Crippen molar-refractivity contribution in [3.8, 4) is 0 Å². The Morgan fingerprint density at radius 1 is 1.58 bits per heavy atom. The Hall–Kier alpha value is -0.860. The average Bonchev–Trinajstić information content (AvgIpc) is 2.05. The van der Waals surface area contributed by atoms with Gasteiger partial charge in [0, 0.05) is 6.54 Å². The highest BCUT2D eigenvalue weighted by atomic mass is 19.1. The molecule has 3 heteroatoms. The first-order chi connectivity index (χ1) is 5.54. The molecular formula is C9H16FNO. The summed E-state index contributed by atoms with van der Waals surface area (Å²) in [7, 11) is 0. The summed E-state index contributed by atoms with van der Waals surface area (Å²) in [5.41, 5.74) is -0.901. The van der Waals surface area contributed by atoms with Crippen molar-refractivity contribution in [2.45, 2.75) is 20.8 Å². The van der Waals surface area contributed by atoms with Gasteiger partial charge in [-0.1, -0.05) is 12.2 Å². The number of carbonyl (C=O) groups is 1. The molecule has 1 N–H and O–H groups in total. The largest absolute Gasteiger partial charge is 0.352 e. The maximum atomic E-state index is 12.3. The minimum Gasteiger partial charge on any atom is -0.352 e. The molecule has 0 aromatic heterocycles. The quantitative estimate of drug-likeness (QED) is 0.644. The zero-order chi connectivity index (χ0) is 9.61. The van der Waals surface area contributed by atoms with Gasteiger partial charge in [0.1, 0.15) is 6.67 Å². The van der Waals surface area contributed by atoms with Crippen LogP contribution in [-0.4, -0.2) is 19.1 Å². The van der Waals surface area contributed by atoms with Crippen LogP contribution in [0.25, 0.3) is 0 Å². The van der Waals surface area contributed by atoms with Crippen molar-refractivity contribution in [3.63, 3.8) is 0 Å². The van der Waals surface area contributed by atoms with Crippen molar-refractivity contribution in [2.24, 2.45) is 5.41 Å². The molecular weight excluding hydrogens is 157 g/mol. The standard InChI is InChI=1S/C9H16FNO/c1-4-5-6-11-8(12)9(2,3)7-10/h4-5H,6-7H2,1-3H3,(H,11,12)/b5-4+. The van der Waals surface area contributed by atoms with Crippen molar-refractivity contribution < 1.29 is 9.18 Å². The van der Waals surface area contributed by atoms with Gasteiger partial charge in [0.15, 0.2) is 0 Å². The van der Waals surface area contributed by atoms with Crippen LogP contribution in [0.4, 0.5) is 4.39 Å². The second-order valence-corrected chi connectivity index (χ2v) is 3.30. The van der Waals surface area contributed by atoms with E-state index in [2.05, 4.69) is 5.32 Å². The molecule has 0 aliphatic heterocycles. The predicted octanol–water partition coefficient (Wildman–Crippen LogP) is 1.67. The molecule has 0 rings (SSSR count). The summed E-state index contributed by atoms with van der Waals surface area (Å²) in [5.74, 6) is -0.247. The van der Waals surface area contributed by atoms with E-state index in [4.69, 9.17) is 0 Å². The third kappa shape index (κ3) is 3.51.